The van der Waals surface area contributed by atoms with E-state index in [-0.39, 0.29) is 0 Å². The van der Waals surface area contributed by atoms with Gasteiger partial charge in [0.25, 0.3) is 0 Å². The van der Waals surface area contributed by atoms with Crippen LogP contribution in [0, 0.1) is 0 Å². The lowest BCUT2D eigenvalue weighted by Crippen LogP contribution is -1.72. The van der Waals surface area contributed by atoms with Gasteiger partial charge in [0.15, 0.2) is 0 Å². The van der Waals surface area contributed by atoms with Gasteiger partial charge in [-0.25, -0.2) is 4.98 Å². The first-order valence-electron chi connectivity index (χ1n) is 3.62. The Labute approximate surface area is 94.1 Å². The number of thiol groups is 1. The van der Waals surface area contributed by atoms with Gasteiger partial charge in [-0.15, -0.1) is 34.8 Å². The first-order chi connectivity index (χ1) is 6.40. The summed E-state index contributed by atoms with van der Waals surface area (Å²) in [7, 11) is 1.55. The number of nitrogens with zero attached hydrogens (tertiary/aromatic N) is 1. The predicted molar refractivity (Wildman–Crippen MR) is 66.9 cm³/mol. The standard InChI is InChI=1S/C8H7NS4/c10-13-5-12-6-1-2-7-8(3-6)11-4-9-7/h1-4,10H,5H2. The molecular formula is C8H7NS4. The number of hydrogen-bond donors (Lipinski definition) is 1. The molecule has 0 spiro atoms. The fraction of sp³-hybridized carbons (Fsp3) is 0.125. The first-order valence-corrected chi connectivity index (χ1v) is 7.53. The third-order valence-corrected chi connectivity index (χ3v) is 4.80. The van der Waals surface area contributed by atoms with Crippen molar-refractivity contribution in [2.45, 2.75) is 4.90 Å². The molecule has 0 aliphatic rings. The van der Waals surface area contributed by atoms with Gasteiger partial charge in [-0.05, 0) is 18.2 Å². The molecule has 0 unspecified atom stereocenters. The second kappa shape index (κ2) is 4.59. The Balaban J connectivity index is 2.26. The molecule has 0 saturated carbocycles. The highest BCUT2D eigenvalue weighted by Crippen LogP contribution is 2.28. The van der Waals surface area contributed by atoms with Crippen molar-refractivity contribution >= 4 is 55.8 Å². The van der Waals surface area contributed by atoms with Crippen molar-refractivity contribution in [2.75, 3.05) is 5.08 Å². The summed E-state index contributed by atoms with van der Waals surface area (Å²) in [6, 6.07) is 6.36. The maximum atomic E-state index is 4.23. The molecule has 1 aromatic heterocycles. The molecule has 5 heteroatoms. The fourth-order valence-corrected chi connectivity index (χ4v) is 3.41. The second-order valence-corrected chi connectivity index (χ2v) is 6.00. The Morgan fingerprint density at radius 1 is 1.46 bits per heavy atom. The zero-order chi connectivity index (χ0) is 9.10. The van der Waals surface area contributed by atoms with Crippen molar-refractivity contribution in [3.8, 4) is 0 Å². The van der Waals surface area contributed by atoms with Gasteiger partial charge in [-0.2, -0.15) is 0 Å². The van der Waals surface area contributed by atoms with Gasteiger partial charge >= 0.3 is 0 Å². The number of fused-ring (bicyclic) bond motifs is 1. The molecule has 1 aromatic carbocycles. The molecule has 2 rings (SSSR count). The molecule has 68 valence electrons. The number of thiazole rings is 1. The molecule has 0 radical (unpaired) electrons. The summed E-state index contributed by atoms with van der Waals surface area (Å²) in [5, 5.41) is 0.980. The molecule has 0 saturated heterocycles. The SMILES string of the molecule is SSCSc1ccc2ncsc2c1. The molecule has 2 aromatic rings. The lowest BCUT2D eigenvalue weighted by molar-refractivity contribution is 1.46. The van der Waals surface area contributed by atoms with E-state index < -0.39 is 0 Å². The van der Waals surface area contributed by atoms with Gasteiger partial charge < -0.3 is 0 Å². The number of rotatable bonds is 3. The van der Waals surface area contributed by atoms with Crippen LogP contribution in [0.15, 0.2) is 28.6 Å². The van der Waals surface area contributed by atoms with Crippen LogP contribution in [0.4, 0.5) is 0 Å². The fourth-order valence-electron chi connectivity index (χ4n) is 1.02. The van der Waals surface area contributed by atoms with E-state index >= 15 is 0 Å². The Hall–Kier alpha value is 0.160. The van der Waals surface area contributed by atoms with Crippen LogP contribution in [0.1, 0.15) is 0 Å². The summed E-state index contributed by atoms with van der Waals surface area (Å²) in [5.74, 6) is 0. The predicted octanol–water partition coefficient (Wildman–Crippen LogP) is 3.92. The molecule has 0 aliphatic heterocycles. The summed E-state index contributed by atoms with van der Waals surface area (Å²) >= 11 is 7.59. The zero-order valence-electron chi connectivity index (χ0n) is 6.64. The van der Waals surface area contributed by atoms with E-state index in [4.69, 9.17) is 0 Å². The monoisotopic (exact) mass is 245 g/mol. The Bertz CT molecular complexity index is 398. The second-order valence-electron chi connectivity index (χ2n) is 2.37. The van der Waals surface area contributed by atoms with Crippen molar-refractivity contribution in [3.63, 3.8) is 0 Å². The first kappa shape index (κ1) is 9.71. The van der Waals surface area contributed by atoms with Crippen molar-refractivity contribution in [1.82, 2.24) is 4.98 Å². The van der Waals surface area contributed by atoms with Crippen LogP contribution in [0.5, 0.6) is 0 Å². The van der Waals surface area contributed by atoms with Crippen LogP contribution in [0.25, 0.3) is 10.2 Å². The van der Waals surface area contributed by atoms with Crippen molar-refractivity contribution in [1.29, 1.82) is 0 Å². The van der Waals surface area contributed by atoms with E-state index in [1.54, 1.807) is 33.9 Å². The van der Waals surface area contributed by atoms with Crippen LogP contribution < -0.4 is 0 Å². The van der Waals surface area contributed by atoms with Crippen LogP contribution in [0.2, 0.25) is 0 Å². The maximum Gasteiger partial charge on any atom is 0.0812 e. The van der Waals surface area contributed by atoms with Gasteiger partial charge in [0.1, 0.15) is 0 Å². The van der Waals surface area contributed by atoms with Gasteiger partial charge in [0, 0.05) is 4.90 Å². The molecule has 0 atom stereocenters. The summed E-state index contributed by atoms with van der Waals surface area (Å²) in [4.78, 5) is 5.52. The number of hydrogen-bond acceptors (Lipinski definition) is 5. The van der Waals surface area contributed by atoms with Gasteiger partial charge in [0.05, 0.1) is 20.8 Å². The third-order valence-electron chi connectivity index (χ3n) is 1.58. The smallest absolute Gasteiger partial charge is 0.0812 e. The normalized spacial score (nSPS) is 10.8. The van der Waals surface area contributed by atoms with Gasteiger partial charge in [0.2, 0.25) is 0 Å². The molecule has 0 N–H and O–H groups in total. The summed E-state index contributed by atoms with van der Waals surface area (Å²) < 4.78 is 1.26. The third kappa shape index (κ3) is 2.34. The number of thioether (sulfide) groups is 1. The molecule has 0 aliphatic carbocycles. The number of benzene rings is 1. The average Bonchev–Trinajstić information content (AvgIpc) is 2.61. The molecule has 0 amide bonds. The topological polar surface area (TPSA) is 12.9 Å². The van der Waals surface area contributed by atoms with Gasteiger partial charge in [-0.1, -0.05) is 10.8 Å². The highest BCUT2D eigenvalue weighted by molar-refractivity contribution is 8.70. The molecule has 0 bridgehead atoms. The Morgan fingerprint density at radius 2 is 2.38 bits per heavy atom. The minimum absolute atomic E-state index is 0.980. The van der Waals surface area contributed by atoms with E-state index in [9.17, 15) is 0 Å². The molecule has 0 fully saturated rings. The van der Waals surface area contributed by atoms with Crippen LogP contribution in [-0.4, -0.2) is 10.1 Å². The highest BCUT2D eigenvalue weighted by Gasteiger charge is 1.98. The highest BCUT2D eigenvalue weighted by atomic mass is 33.1. The quantitative estimate of drug-likeness (QED) is 0.381. The number of aromatic nitrogens is 1. The molecule has 1 heterocycles. The summed E-state index contributed by atoms with van der Waals surface area (Å²) in [6.07, 6.45) is 0. The van der Waals surface area contributed by atoms with Crippen molar-refractivity contribution in [3.05, 3.63) is 23.7 Å². The average molecular weight is 245 g/mol. The lowest BCUT2D eigenvalue weighted by atomic mass is 10.3. The largest absolute Gasteiger partial charge is 0.245 e. The lowest BCUT2D eigenvalue weighted by Gasteiger charge is -1.97. The van der Waals surface area contributed by atoms with Crippen molar-refractivity contribution < 1.29 is 0 Å². The van der Waals surface area contributed by atoms with Crippen LogP contribution in [-0.2, 0) is 0 Å². The van der Waals surface area contributed by atoms with E-state index in [0.29, 0.717) is 0 Å². The minimum atomic E-state index is 0.980. The Kier molecular flexibility index (Phi) is 3.43. The van der Waals surface area contributed by atoms with Crippen LogP contribution >= 0.6 is 45.6 Å². The van der Waals surface area contributed by atoms with Gasteiger partial charge in [-0.3, -0.25) is 0 Å². The maximum absolute atomic E-state index is 4.23. The minimum Gasteiger partial charge on any atom is -0.245 e. The van der Waals surface area contributed by atoms with E-state index in [2.05, 4.69) is 34.8 Å². The van der Waals surface area contributed by atoms with E-state index in [1.807, 2.05) is 5.51 Å². The zero-order valence-corrected chi connectivity index (χ0v) is 9.98. The molecular weight excluding hydrogens is 238 g/mol. The Morgan fingerprint density at radius 3 is 3.23 bits per heavy atom. The molecule has 1 nitrogen and oxygen atoms in total. The molecule has 13 heavy (non-hydrogen) atoms. The summed E-state index contributed by atoms with van der Waals surface area (Å²) in [5.41, 5.74) is 2.97. The van der Waals surface area contributed by atoms with E-state index in [1.165, 1.54) is 9.60 Å². The van der Waals surface area contributed by atoms with E-state index in [0.717, 1.165) is 10.6 Å². The van der Waals surface area contributed by atoms with Crippen LogP contribution in [0.3, 0.4) is 0 Å². The van der Waals surface area contributed by atoms with Crippen molar-refractivity contribution in [2.24, 2.45) is 0 Å². The summed E-state index contributed by atoms with van der Waals surface area (Å²) in [6.45, 7) is 0.